The number of benzene rings is 2. The third kappa shape index (κ3) is 3.46. The van der Waals surface area contributed by atoms with Crippen LogP contribution in [0.1, 0.15) is 11.1 Å². The zero-order valence-corrected chi connectivity index (χ0v) is 14.1. The molecule has 0 bridgehead atoms. The van der Waals surface area contributed by atoms with Gasteiger partial charge in [0.25, 0.3) is 0 Å². The first-order chi connectivity index (χ1) is 10.6. The van der Waals surface area contributed by atoms with Crippen molar-refractivity contribution in [2.24, 2.45) is 0 Å². The van der Waals surface area contributed by atoms with Gasteiger partial charge < -0.3 is 0 Å². The van der Waals surface area contributed by atoms with Gasteiger partial charge in [-0.3, -0.25) is 5.10 Å². The van der Waals surface area contributed by atoms with Crippen molar-refractivity contribution < 1.29 is 0 Å². The fraction of sp³-hybridized carbons (Fsp3) is 0.125. The number of nitrogens with zero attached hydrogens (tertiary/aromatic N) is 2. The van der Waals surface area contributed by atoms with E-state index in [1.165, 1.54) is 11.8 Å². The maximum atomic E-state index is 6.17. The van der Waals surface area contributed by atoms with Gasteiger partial charge in [-0.2, -0.15) is 0 Å². The SMILES string of the molecule is Cc1ccccc1-c1nc(SCc2ccc(Cl)cc2Cl)n[nH]1. The van der Waals surface area contributed by atoms with Crippen molar-refractivity contribution in [1.29, 1.82) is 0 Å². The number of aromatic nitrogens is 3. The number of halogens is 2. The summed E-state index contributed by atoms with van der Waals surface area (Å²) in [5, 5.41) is 9.24. The fourth-order valence-corrected chi connectivity index (χ4v) is 3.41. The molecule has 3 rings (SSSR count). The van der Waals surface area contributed by atoms with E-state index in [9.17, 15) is 0 Å². The van der Waals surface area contributed by atoms with Gasteiger partial charge in [-0.25, -0.2) is 4.98 Å². The van der Waals surface area contributed by atoms with Gasteiger partial charge in [0, 0.05) is 21.4 Å². The summed E-state index contributed by atoms with van der Waals surface area (Å²) in [5.74, 6) is 1.48. The molecule has 1 heterocycles. The van der Waals surface area contributed by atoms with E-state index < -0.39 is 0 Å². The van der Waals surface area contributed by atoms with Crippen molar-refractivity contribution >= 4 is 35.0 Å². The molecule has 3 nitrogen and oxygen atoms in total. The number of hydrogen-bond donors (Lipinski definition) is 1. The molecule has 112 valence electrons. The van der Waals surface area contributed by atoms with Crippen molar-refractivity contribution in [2.75, 3.05) is 0 Å². The number of hydrogen-bond acceptors (Lipinski definition) is 3. The van der Waals surface area contributed by atoms with Crippen LogP contribution in [0.25, 0.3) is 11.4 Å². The van der Waals surface area contributed by atoms with E-state index in [0.717, 1.165) is 22.5 Å². The molecule has 1 aromatic heterocycles. The molecule has 6 heteroatoms. The second-order valence-electron chi connectivity index (χ2n) is 4.81. The van der Waals surface area contributed by atoms with Crippen molar-refractivity contribution in [3.8, 4) is 11.4 Å². The number of rotatable bonds is 4. The second-order valence-corrected chi connectivity index (χ2v) is 6.59. The Morgan fingerprint density at radius 2 is 1.95 bits per heavy atom. The van der Waals surface area contributed by atoms with E-state index in [2.05, 4.69) is 28.2 Å². The van der Waals surface area contributed by atoms with Gasteiger partial charge in [0.05, 0.1) is 0 Å². The monoisotopic (exact) mass is 349 g/mol. The summed E-state index contributed by atoms with van der Waals surface area (Å²) >= 11 is 13.6. The molecule has 2 aromatic carbocycles. The summed E-state index contributed by atoms with van der Waals surface area (Å²) < 4.78 is 0. The highest BCUT2D eigenvalue weighted by Crippen LogP contribution is 2.28. The first kappa shape index (κ1) is 15.4. The third-order valence-electron chi connectivity index (χ3n) is 3.24. The molecule has 0 radical (unpaired) electrons. The maximum absolute atomic E-state index is 6.17. The first-order valence-corrected chi connectivity index (χ1v) is 8.43. The van der Waals surface area contributed by atoms with E-state index in [1.807, 2.05) is 30.3 Å². The lowest BCUT2D eigenvalue weighted by Crippen LogP contribution is -1.85. The quantitative estimate of drug-likeness (QED) is 0.643. The molecule has 22 heavy (non-hydrogen) atoms. The minimum absolute atomic E-state index is 0.637. The topological polar surface area (TPSA) is 41.6 Å². The number of aryl methyl sites for hydroxylation is 1. The van der Waals surface area contributed by atoms with Crippen LogP contribution in [0.5, 0.6) is 0 Å². The minimum Gasteiger partial charge on any atom is -0.258 e. The standard InChI is InChI=1S/C16H13Cl2N3S/c1-10-4-2-3-5-13(10)15-19-16(21-20-15)22-9-11-6-7-12(17)8-14(11)18/h2-8H,9H2,1H3,(H,19,20,21). The number of nitrogens with one attached hydrogen (secondary N) is 1. The predicted molar refractivity (Wildman–Crippen MR) is 92.6 cm³/mol. The number of thioether (sulfide) groups is 1. The Bertz CT molecular complexity index is 802. The van der Waals surface area contributed by atoms with Crippen LogP contribution < -0.4 is 0 Å². The highest BCUT2D eigenvalue weighted by atomic mass is 35.5. The average Bonchev–Trinajstić information content (AvgIpc) is 2.95. The van der Waals surface area contributed by atoms with Crippen molar-refractivity contribution in [3.05, 3.63) is 63.6 Å². The zero-order chi connectivity index (χ0) is 15.5. The minimum atomic E-state index is 0.637. The van der Waals surface area contributed by atoms with Crippen molar-refractivity contribution in [3.63, 3.8) is 0 Å². The Kier molecular flexibility index (Phi) is 4.71. The molecule has 0 saturated carbocycles. The Balaban J connectivity index is 1.74. The first-order valence-electron chi connectivity index (χ1n) is 6.68. The normalized spacial score (nSPS) is 10.9. The Labute approximate surface area is 143 Å². The Morgan fingerprint density at radius 1 is 1.14 bits per heavy atom. The molecule has 0 fully saturated rings. The van der Waals surface area contributed by atoms with Crippen LogP contribution in [0.2, 0.25) is 10.0 Å². The van der Waals surface area contributed by atoms with E-state index in [-0.39, 0.29) is 0 Å². The number of H-pyrrole nitrogens is 1. The van der Waals surface area contributed by atoms with Crippen molar-refractivity contribution in [2.45, 2.75) is 17.8 Å². The van der Waals surface area contributed by atoms with Crippen LogP contribution in [0, 0.1) is 6.92 Å². The Hall–Kier alpha value is -1.49. The van der Waals surface area contributed by atoms with Gasteiger partial charge >= 0.3 is 0 Å². The summed E-state index contributed by atoms with van der Waals surface area (Å²) in [4.78, 5) is 4.53. The largest absolute Gasteiger partial charge is 0.258 e. The molecular formula is C16H13Cl2N3S. The van der Waals surface area contributed by atoms with E-state index >= 15 is 0 Å². The molecule has 3 aromatic rings. The lowest BCUT2D eigenvalue weighted by Gasteiger charge is -2.02. The highest BCUT2D eigenvalue weighted by molar-refractivity contribution is 7.98. The maximum Gasteiger partial charge on any atom is 0.209 e. The number of aromatic amines is 1. The molecule has 0 aliphatic carbocycles. The van der Waals surface area contributed by atoms with Gasteiger partial charge in [-0.15, -0.1) is 5.10 Å². The van der Waals surface area contributed by atoms with E-state index in [1.54, 1.807) is 6.07 Å². The summed E-state index contributed by atoms with van der Waals surface area (Å²) in [7, 11) is 0. The predicted octanol–water partition coefficient (Wildman–Crippen LogP) is 5.38. The van der Waals surface area contributed by atoms with Gasteiger partial charge in [-0.05, 0) is 30.2 Å². The molecule has 0 saturated heterocycles. The van der Waals surface area contributed by atoms with Gasteiger partial charge in [0.15, 0.2) is 5.82 Å². The van der Waals surface area contributed by atoms with Gasteiger partial charge in [0.2, 0.25) is 5.16 Å². The molecule has 1 N–H and O–H groups in total. The van der Waals surface area contributed by atoms with Crippen molar-refractivity contribution in [1.82, 2.24) is 15.2 Å². The summed E-state index contributed by atoms with van der Waals surface area (Å²) in [6, 6.07) is 13.6. The summed E-state index contributed by atoms with van der Waals surface area (Å²) in [6.07, 6.45) is 0. The summed E-state index contributed by atoms with van der Waals surface area (Å²) in [6.45, 7) is 2.05. The molecule has 0 spiro atoms. The molecular weight excluding hydrogens is 337 g/mol. The highest BCUT2D eigenvalue weighted by Gasteiger charge is 2.09. The Morgan fingerprint density at radius 3 is 2.73 bits per heavy atom. The van der Waals surface area contributed by atoms with Crippen LogP contribution in [0.3, 0.4) is 0 Å². The molecule has 0 aliphatic rings. The van der Waals surface area contributed by atoms with Crippen LogP contribution >= 0.6 is 35.0 Å². The van der Waals surface area contributed by atoms with Gasteiger partial charge in [-0.1, -0.05) is 65.3 Å². The van der Waals surface area contributed by atoms with E-state index in [4.69, 9.17) is 23.2 Å². The molecule has 0 amide bonds. The lowest BCUT2D eigenvalue weighted by atomic mass is 10.1. The average molecular weight is 350 g/mol. The second kappa shape index (κ2) is 6.73. The zero-order valence-electron chi connectivity index (χ0n) is 11.8. The molecule has 0 aliphatic heterocycles. The smallest absolute Gasteiger partial charge is 0.209 e. The van der Waals surface area contributed by atoms with E-state index in [0.29, 0.717) is 21.0 Å². The fourth-order valence-electron chi connectivity index (χ4n) is 2.05. The van der Waals surface area contributed by atoms with Crippen LogP contribution in [-0.2, 0) is 5.75 Å². The summed E-state index contributed by atoms with van der Waals surface area (Å²) in [5.41, 5.74) is 3.24. The lowest BCUT2D eigenvalue weighted by molar-refractivity contribution is 0.973. The van der Waals surface area contributed by atoms with Crippen LogP contribution in [0.4, 0.5) is 0 Å². The molecule has 0 atom stereocenters. The van der Waals surface area contributed by atoms with Crippen LogP contribution in [-0.4, -0.2) is 15.2 Å². The van der Waals surface area contributed by atoms with Crippen LogP contribution in [0.15, 0.2) is 47.6 Å². The van der Waals surface area contributed by atoms with Gasteiger partial charge in [0.1, 0.15) is 0 Å². The third-order valence-corrected chi connectivity index (χ3v) is 4.72. The molecule has 0 unspecified atom stereocenters.